The minimum Gasteiger partial charge on any atom is -0.550 e. The summed E-state index contributed by atoms with van der Waals surface area (Å²) in [5, 5.41) is 20.3. The Labute approximate surface area is 108 Å². The highest BCUT2D eigenvalue weighted by Crippen LogP contribution is 2.32. The molecule has 0 aliphatic heterocycles. The number of aromatic nitrogens is 2. The number of nitrogens with zero attached hydrogens (tertiary/aromatic N) is 1. The van der Waals surface area contributed by atoms with Gasteiger partial charge in [0.25, 0.3) is 0 Å². The molecule has 0 fully saturated rings. The summed E-state index contributed by atoms with van der Waals surface area (Å²) in [5.41, 5.74) is 0. The van der Waals surface area contributed by atoms with E-state index in [4.69, 9.17) is 11.6 Å². The van der Waals surface area contributed by atoms with Gasteiger partial charge in [-0.3, -0.25) is 9.89 Å². The Kier molecular flexibility index (Phi) is 3.66. The second kappa shape index (κ2) is 5.22. The van der Waals surface area contributed by atoms with Gasteiger partial charge < -0.3 is 15.2 Å². The number of carbonyl (C=O) groups excluding carboxylic acids is 2. The Hall–Kier alpha value is -1.82. The molecule has 6 nitrogen and oxygen atoms in total. The maximum atomic E-state index is 12.0. The van der Waals surface area contributed by atoms with Gasteiger partial charge in [0.15, 0.2) is 0 Å². The SMILES string of the molecule is O=C(Nc1ccn[nH]1)[C@H]1CC(Cl)=CC[C@H]1C(=O)[O-]. The van der Waals surface area contributed by atoms with Crippen molar-refractivity contribution in [3.05, 3.63) is 23.4 Å². The third kappa shape index (κ3) is 2.70. The van der Waals surface area contributed by atoms with Crippen molar-refractivity contribution in [3.8, 4) is 0 Å². The molecular formula is C11H11ClN3O3-. The van der Waals surface area contributed by atoms with Crippen molar-refractivity contribution < 1.29 is 14.7 Å². The lowest BCUT2D eigenvalue weighted by molar-refractivity contribution is -0.313. The number of amides is 1. The zero-order chi connectivity index (χ0) is 13.1. The van der Waals surface area contributed by atoms with Crippen LogP contribution in [0.2, 0.25) is 0 Å². The summed E-state index contributed by atoms with van der Waals surface area (Å²) in [7, 11) is 0. The summed E-state index contributed by atoms with van der Waals surface area (Å²) in [6.45, 7) is 0. The monoisotopic (exact) mass is 268 g/mol. The molecule has 2 rings (SSSR count). The molecule has 96 valence electrons. The molecule has 0 unspecified atom stereocenters. The number of halogens is 1. The van der Waals surface area contributed by atoms with Crippen LogP contribution in [0.5, 0.6) is 0 Å². The lowest BCUT2D eigenvalue weighted by Gasteiger charge is -2.29. The Morgan fingerprint density at radius 3 is 2.89 bits per heavy atom. The molecule has 2 atom stereocenters. The van der Waals surface area contributed by atoms with Crippen LogP contribution in [0.15, 0.2) is 23.4 Å². The van der Waals surface area contributed by atoms with Gasteiger partial charge in [0.2, 0.25) is 5.91 Å². The van der Waals surface area contributed by atoms with E-state index in [1.807, 2.05) is 0 Å². The van der Waals surface area contributed by atoms with Crippen molar-refractivity contribution in [2.45, 2.75) is 12.8 Å². The number of aromatic amines is 1. The molecule has 1 amide bonds. The molecule has 1 aliphatic carbocycles. The second-order valence-corrected chi connectivity index (χ2v) is 4.57. The molecule has 18 heavy (non-hydrogen) atoms. The van der Waals surface area contributed by atoms with Crippen molar-refractivity contribution in [3.63, 3.8) is 0 Å². The quantitative estimate of drug-likeness (QED) is 0.821. The summed E-state index contributed by atoms with van der Waals surface area (Å²) in [6.07, 6.45) is 3.52. The van der Waals surface area contributed by atoms with Crippen LogP contribution in [0.1, 0.15) is 12.8 Å². The van der Waals surface area contributed by atoms with Crippen LogP contribution >= 0.6 is 11.6 Å². The number of nitrogens with one attached hydrogen (secondary N) is 2. The van der Waals surface area contributed by atoms with Gasteiger partial charge in [-0.2, -0.15) is 5.10 Å². The first-order valence-corrected chi connectivity index (χ1v) is 5.81. The summed E-state index contributed by atoms with van der Waals surface area (Å²) in [6, 6.07) is 1.58. The molecular weight excluding hydrogens is 258 g/mol. The van der Waals surface area contributed by atoms with E-state index in [-0.39, 0.29) is 12.8 Å². The number of carboxylic acid groups (broad SMARTS) is 1. The number of carboxylic acids is 1. The highest BCUT2D eigenvalue weighted by molar-refractivity contribution is 6.29. The van der Waals surface area contributed by atoms with Crippen LogP contribution in [0, 0.1) is 11.8 Å². The summed E-state index contributed by atoms with van der Waals surface area (Å²) in [4.78, 5) is 23.0. The first-order chi connectivity index (χ1) is 8.58. The van der Waals surface area contributed by atoms with Gasteiger partial charge in [-0.25, -0.2) is 0 Å². The van der Waals surface area contributed by atoms with E-state index in [2.05, 4.69) is 15.5 Å². The Morgan fingerprint density at radius 2 is 2.28 bits per heavy atom. The molecule has 0 saturated heterocycles. The van der Waals surface area contributed by atoms with E-state index in [1.165, 1.54) is 6.20 Å². The van der Waals surface area contributed by atoms with E-state index in [0.29, 0.717) is 10.9 Å². The van der Waals surface area contributed by atoms with E-state index in [1.54, 1.807) is 12.1 Å². The molecule has 0 radical (unpaired) electrons. The summed E-state index contributed by atoms with van der Waals surface area (Å²) >= 11 is 5.85. The lowest BCUT2D eigenvalue weighted by atomic mass is 9.82. The fourth-order valence-electron chi connectivity index (χ4n) is 1.94. The molecule has 1 heterocycles. The summed E-state index contributed by atoms with van der Waals surface area (Å²) < 4.78 is 0. The molecule has 2 N–H and O–H groups in total. The zero-order valence-electron chi connectivity index (χ0n) is 9.35. The largest absolute Gasteiger partial charge is 0.550 e. The Balaban J connectivity index is 2.11. The fraction of sp³-hybridized carbons (Fsp3) is 0.364. The highest BCUT2D eigenvalue weighted by Gasteiger charge is 2.32. The molecule has 1 aromatic heterocycles. The number of anilines is 1. The first-order valence-electron chi connectivity index (χ1n) is 5.43. The van der Waals surface area contributed by atoms with Crippen LogP contribution < -0.4 is 10.4 Å². The number of carbonyl (C=O) groups is 2. The van der Waals surface area contributed by atoms with Gasteiger partial charge in [0, 0.05) is 23.0 Å². The number of allylic oxidation sites excluding steroid dienone is 2. The number of hydrogen-bond acceptors (Lipinski definition) is 4. The third-order valence-corrected chi connectivity index (χ3v) is 3.20. The van der Waals surface area contributed by atoms with Crippen molar-refractivity contribution in [2.75, 3.05) is 5.32 Å². The lowest BCUT2D eigenvalue weighted by Crippen LogP contribution is -2.42. The van der Waals surface area contributed by atoms with Gasteiger partial charge in [0.05, 0.1) is 12.1 Å². The van der Waals surface area contributed by atoms with Crippen molar-refractivity contribution in [1.82, 2.24) is 10.2 Å². The maximum absolute atomic E-state index is 12.0. The zero-order valence-corrected chi connectivity index (χ0v) is 10.1. The molecule has 1 aliphatic rings. The molecule has 7 heteroatoms. The van der Waals surface area contributed by atoms with Crippen LogP contribution in [0.4, 0.5) is 5.82 Å². The maximum Gasteiger partial charge on any atom is 0.229 e. The smallest absolute Gasteiger partial charge is 0.229 e. The van der Waals surface area contributed by atoms with Crippen LogP contribution in [0.3, 0.4) is 0 Å². The predicted octanol–water partition coefficient (Wildman–Crippen LogP) is 0.247. The minimum absolute atomic E-state index is 0.209. The number of aliphatic carboxylic acids is 1. The first kappa shape index (κ1) is 12.6. The molecule has 1 aromatic rings. The molecule has 0 saturated carbocycles. The van der Waals surface area contributed by atoms with E-state index >= 15 is 0 Å². The topological polar surface area (TPSA) is 97.9 Å². The third-order valence-electron chi connectivity index (χ3n) is 2.89. The normalized spacial score (nSPS) is 23.3. The standard InChI is InChI=1S/C11H12ClN3O3/c12-6-1-2-7(11(17)18)8(5-6)10(16)14-9-3-4-13-15-9/h1,3-4,7-8H,2,5H2,(H,17,18)(H2,13,14,15,16)/p-1/t7-,8+/m1/s1. The van der Waals surface area contributed by atoms with Crippen LogP contribution in [-0.4, -0.2) is 22.1 Å². The van der Waals surface area contributed by atoms with Crippen molar-refractivity contribution in [1.29, 1.82) is 0 Å². The number of rotatable bonds is 3. The second-order valence-electron chi connectivity index (χ2n) is 4.08. The van der Waals surface area contributed by atoms with Gasteiger partial charge in [0.1, 0.15) is 5.82 Å². The van der Waals surface area contributed by atoms with Crippen molar-refractivity contribution in [2.24, 2.45) is 11.8 Å². The highest BCUT2D eigenvalue weighted by atomic mass is 35.5. The fourth-order valence-corrected chi connectivity index (χ4v) is 2.20. The molecule has 0 aromatic carbocycles. The number of hydrogen-bond donors (Lipinski definition) is 2. The average Bonchev–Trinajstić information content (AvgIpc) is 2.81. The van der Waals surface area contributed by atoms with Gasteiger partial charge in [-0.15, -0.1) is 0 Å². The Bertz CT molecular complexity index is 484. The molecule has 0 bridgehead atoms. The minimum atomic E-state index is -1.24. The van der Waals surface area contributed by atoms with Gasteiger partial charge in [-0.1, -0.05) is 17.7 Å². The number of H-pyrrole nitrogens is 1. The predicted molar refractivity (Wildman–Crippen MR) is 62.4 cm³/mol. The van der Waals surface area contributed by atoms with Crippen LogP contribution in [0.25, 0.3) is 0 Å². The molecule has 0 spiro atoms. The van der Waals surface area contributed by atoms with Crippen LogP contribution in [-0.2, 0) is 9.59 Å². The van der Waals surface area contributed by atoms with Crippen molar-refractivity contribution >= 4 is 29.3 Å². The average molecular weight is 269 g/mol. The van der Waals surface area contributed by atoms with E-state index in [0.717, 1.165) is 0 Å². The Morgan fingerprint density at radius 1 is 1.50 bits per heavy atom. The van der Waals surface area contributed by atoms with Gasteiger partial charge in [-0.05, 0) is 12.8 Å². The summed E-state index contributed by atoms with van der Waals surface area (Å²) in [5.74, 6) is -2.80. The van der Waals surface area contributed by atoms with E-state index < -0.39 is 23.7 Å². The van der Waals surface area contributed by atoms with E-state index in [9.17, 15) is 14.7 Å². The van der Waals surface area contributed by atoms with Gasteiger partial charge >= 0.3 is 0 Å².